The molecule has 1 heterocycles. The first-order valence-corrected chi connectivity index (χ1v) is 8.08. The van der Waals surface area contributed by atoms with E-state index in [0.29, 0.717) is 25.5 Å². The molecular formula is C13H19FN2O3S. The monoisotopic (exact) mass is 302 g/mol. The van der Waals surface area contributed by atoms with Gasteiger partial charge in [0.2, 0.25) is 10.0 Å². The molecule has 0 aliphatic carbocycles. The highest BCUT2D eigenvalue weighted by molar-refractivity contribution is 7.89. The van der Waals surface area contributed by atoms with Crippen LogP contribution in [0.5, 0.6) is 0 Å². The average Bonchev–Trinajstić information content (AvgIpc) is 2.91. The fraction of sp³-hybridized carbons (Fsp3) is 0.538. The van der Waals surface area contributed by atoms with Crippen LogP contribution in [-0.2, 0) is 21.3 Å². The highest BCUT2D eigenvalue weighted by Crippen LogP contribution is 2.19. The summed E-state index contributed by atoms with van der Waals surface area (Å²) in [6.07, 6.45) is 1.67. The van der Waals surface area contributed by atoms with E-state index in [1.54, 1.807) is 0 Å². The lowest BCUT2D eigenvalue weighted by molar-refractivity contribution is 0.184. The topological polar surface area (TPSA) is 81.4 Å². The van der Waals surface area contributed by atoms with Crippen LogP contribution < -0.4 is 10.5 Å². The molecule has 2 rings (SSSR count). The van der Waals surface area contributed by atoms with Crippen molar-refractivity contribution in [2.75, 3.05) is 19.8 Å². The zero-order valence-corrected chi connectivity index (χ0v) is 12.0. The molecule has 0 amide bonds. The quantitative estimate of drug-likeness (QED) is 0.821. The number of hydrogen-bond donors (Lipinski definition) is 2. The summed E-state index contributed by atoms with van der Waals surface area (Å²) in [6.45, 7) is 1.57. The van der Waals surface area contributed by atoms with Gasteiger partial charge in [-0.05, 0) is 30.9 Å². The van der Waals surface area contributed by atoms with Crippen LogP contribution in [0.25, 0.3) is 0 Å². The van der Waals surface area contributed by atoms with Gasteiger partial charge in [0.25, 0.3) is 0 Å². The molecule has 0 spiro atoms. The number of sulfonamides is 1. The fourth-order valence-electron chi connectivity index (χ4n) is 2.27. The highest BCUT2D eigenvalue weighted by atomic mass is 32.2. The Kier molecular flexibility index (Phi) is 5.09. The maximum absolute atomic E-state index is 13.6. The van der Waals surface area contributed by atoms with Crippen molar-refractivity contribution in [1.82, 2.24) is 4.72 Å². The molecular weight excluding hydrogens is 283 g/mol. The van der Waals surface area contributed by atoms with E-state index in [1.807, 2.05) is 0 Å². The van der Waals surface area contributed by atoms with Crippen LogP contribution in [0.4, 0.5) is 4.39 Å². The number of rotatable bonds is 6. The second-order valence-corrected chi connectivity index (χ2v) is 6.57. The third-order valence-electron chi connectivity index (χ3n) is 3.44. The molecule has 1 aromatic carbocycles. The van der Waals surface area contributed by atoms with Crippen LogP contribution in [0, 0.1) is 11.7 Å². The van der Waals surface area contributed by atoms with Crippen LogP contribution in [0.15, 0.2) is 23.1 Å². The Morgan fingerprint density at radius 1 is 1.45 bits per heavy atom. The summed E-state index contributed by atoms with van der Waals surface area (Å²) in [5.74, 6) is -0.209. The van der Waals surface area contributed by atoms with Gasteiger partial charge in [-0.1, -0.05) is 6.07 Å². The summed E-state index contributed by atoms with van der Waals surface area (Å²) >= 11 is 0. The van der Waals surface area contributed by atoms with Gasteiger partial charge < -0.3 is 10.5 Å². The predicted octanol–water partition coefficient (Wildman–Crippen LogP) is 0.989. The molecule has 1 unspecified atom stereocenters. The molecule has 1 fully saturated rings. The zero-order valence-electron chi connectivity index (χ0n) is 11.1. The molecule has 3 N–H and O–H groups in total. The molecule has 0 bridgehead atoms. The summed E-state index contributed by atoms with van der Waals surface area (Å²) in [7, 11) is -3.73. The van der Waals surface area contributed by atoms with Crippen LogP contribution in [0.2, 0.25) is 0 Å². The largest absolute Gasteiger partial charge is 0.381 e. The normalized spacial score (nSPS) is 19.4. The van der Waals surface area contributed by atoms with Gasteiger partial charge in [0.1, 0.15) is 5.82 Å². The molecule has 20 heavy (non-hydrogen) atoms. The number of benzene rings is 1. The van der Waals surface area contributed by atoms with Crippen LogP contribution in [0.3, 0.4) is 0 Å². The Bertz CT molecular complexity index is 557. The van der Waals surface area contributed by atoms with Crippen LogP contribution in [0.1, 0.15) is 18.4 Å². The van der Waals surface area contributed by atoms with E-state index < -0.39 is 15.8 Å². The molecule has 1 aliphatic heterocycles. The zero-order chi connectivity index (χ0) is 14.6. The molecule has 1 saturated heterocycles. The lowest BCUT2D eigenvalue weighted by Crippen LogP contribution is -2.28. The van der Waals surface area contributed by atoms with Crippen molar-refractivity contribution in [3.8, 4) is 0 Å². The van der Waals surface area contributed by atoms with Gasteiger partial charge in [-0.3, -0.25) is 0 Å². The van der Waals surface area contributed by atoms with Crippen molar-refractivity contribution < 1.29 is 17.5 Å². The van der Waals surface area contributed by atoms with E-state index in [0.717, 1.165) is 13.0 Å². The van der Waals surface area contributed by atoms with E-state index in [2.05, 4.69) is 4.72 Å². The lowest BCUT2D eigenvalue weighted by atomic mass is 10.1. The van der Waals surface area contributed by atoms with Gasteiger partial charge in [-0.25, -0.2) is 17.5 Å². The van der Waals surface area contributed by atoms with E-state index in [9.17, 15) is 12.8 Å². The van der Waals surface area contributed by atoms with Crippen molar-refractivity contribution >= 4 is 10.0 Å². The summed E-state index contributed by atoms with van der Waals surface area (Å²) in [4.78, 5) is -0.0809. The van der Waals surface area contributed by atoms with Gasteiger partial charge in [0.15, 0.2) is 0 Å². The fourth-order valence-corrected chi connectivity index (χ4v) is 3.58. The van der Waals surface area contributed by atoms with Gasteiger partial charge in [-0.15, -0.1) is 0 Å². The standard InChI is InChI=1S/C13H19FN2O3S/c14-12-2-1-3-13(11(12)8-15)20(17,18)16-6-4-10-5-7-19-9-10/h1-3,10,16H,4-9,15H2. The first-order valence-electron chi connectivity index (χ1n) is 6.59. The second kappa shape index (κ2) is 6.62. The first-order chi connectivity index (χ1) is 9.54. The molecule has 1 aromatic rings. The SMILES string of the molecule is NCc1c(F)cccc1S(=O)(=O)NCCC1CCOC1. The van der Waals surface area contributed by atoms with Crippen LogP contribution in [-0.4, -0.2) is 28.2 Å². The average molecular weight is 302 g/mol. The predicted molar refractivity (Wildman–Crippen MR) is 73.0 cm³/mol. The van der Waals surface area contributed by atoms with Crippen molar-refractivity contribution in [2.45, 2.75) is 24.3 Å². The number of hydrogen-bond acceptors (Lipinski definition) is 4. The molecule has 1 aliphatic rings. The number of halogens is 1. The minimum Gasteiger partial charge on any atom is -0.381 e. The van der Waals surface area contributed by atoms with E-state index >= 15 is 0 Å². The molecule has 0 saturated carbocycles. The maximum atomic E-state index is 13.6. The Morgan fingerprint density at radius 3 is 2.90 bits per heavy atom. The molecule has 5 nitrogen and oxygen atoms in total. The Hall–Kier alpha value is -1.02. The summed E-state index contributed by atoms with van der Waals surface area (Å²) in [5.41, 5.74) is 5.45. The van der Waals surface area contributed by atoms with Crippen molar-refractivity contribution in [3.05, 3.63) is 29.6 Å². The second-order valence-electron chi connectivity index (χ2n) is 4.84. The first kappa shape index (κ1) is 15.4. The minimum atomic E-state index is -3.73. The van der Waals surface area contributed by atoms with Gasteiger partial charge in [0, 0.05) is 31.9 Å². The molecule has 1 atom stereocenters. The lowest BCUT2D eigenvalue weighted by Gasteiger charge is -2.12. The Labute approximate surface area is 118 Å². The number of nitrogens with one attached hydrogen (secondary N) is 1. The molecule has 112 valence electrons. The number of ether oxygens (including phenoxy) is 1. The summed E-state index contributed by atoms with van der Waals surface area (Å²) in [5, 5.41) is 0. The third-order valence-corrected chi connectivity index (χ3v) is 4.98. The molecule has 0 radical (unpaired) electrons. The van der Waals surface area contributed by atoms with Crippen molar-refractivity contribution in [3.63, 3.8) is 0 Å². The van der Waals surface area contributed by atoms with Gasteiger partial charge in [-0.2, -0.15) is 0 Å². The maximum Gasteiger partial charge on any atom is 0.240 e. The van der Waals surface area contributed by atoms with E-state index in [1.165, 1.54) is 18.2 Å². The summed E-state index contributed by atoms with van der Waals surface area (Å²) in [6, 6.07) is 3.94. The summed E-state index contributed by atoms with van der Waals surface area (Å²) < 4.78 is 45.6. The molecule has 0 aromatic heterocycles. The van der Waals surface area contributed by atoms with Gasteiger partial charge >= 0.3 is 0 Å². The van der Waals surface area contributed by atoms with E-state index in [-0.39, 0.29) is 17.0 Å². The van der Waals surface area contributed by atoms with Crippen LogP contribution >= 0.6 is 0 Å². The Balaban J connectivity index is 2.04. The minimum absolute atomic E-state index is 0.0178. The number of nitrogens with two attached hydrogens (primary N) is 1. The smallest absolute Gasteiger partial charge is 0.240 e. The highest BCUT2D eigenvalue weighted by Gasteiger charge is 2.21. The van der Waals surface area contributed by atoms with Crippen molar-refractivity contribution in [1.29, 1.82) is 0 Å². The molecule has 7 heteroatoms. The third kappa shape index (κ3) is 3.54. The van der Waals surface area contributed by atoms with Crippen molar-refractivity contribution in [2.24, 2.45) is 11.7 Å². The Morgan fingerprint density at radius 2 is 2.25 bits per heavy atom. The van der Waals surface area contributed by atoms with Gasteiger partial charge in [0.05, 0.1) is 4.90 Å². The van der Waals surface area contributed by atoms with E-state index in [4.69, 9.17) is 10.5 Å².